The first kappa shape index (κ1) is 14.0. The smallest absolute Gasteiger partial charge is 0.123 e. The van der Waals surface area contributed by atoms with E-state index in [4.69, 9.17) is 5.73 Å². The number of aryl methyl sites for hydroxylation is 1. The molecule has 1 aromatic rings. The molecule has 3 N–H and O–H groups in total. The summed E-state index contributed by atoms with van der Waals surface area (Å²) < 4.78 is 1.86. The molecule has 1 heterocycles. The minimum Gasteiger partial charge on any atom is -0.370 e. The van der Waals surface area contributed by atoms with Gasteiger partial charge in [-0.25, -0.2) is 0 Å². The van der Waals surface area contributed by atoms with Crippen LogP contribution in [0.4, 0.5) is 5.82 Å². The van der Waals surface area contributed by atoms with Gasteiger partial charge in [0.2, 0.25) is 0 Å². The zero-order valence-electron chi connectivity index (χ0n) is 11.2. The Bertz CT molecular complexity index is 289. The molecule has 4 heteroatoms. The molecule has 0 radical (unpaired) electrons. The summed E-state index contributed by atoms with van der Waals surface area (Å²) in [6, 6.07) is 2.00. The average molecular weight is 238 g/mol. The van der Waals surface area contributed by atoms with Gasteiger partial charge in [0, 0.05) is 19.7 Å². The number of anilines is 1. The number of nitrogens with one attached hydrogen (secondary N) is 1. The van der Waals surface area contributed by atoms with Gasteiger partial charge >= 0.3 is 0 Å². The van der Waals surface area contributed by atoms with Crippen LogP contribution in [0.5, 0.6) is 0 Å². The van der Waals surface area contributed by atoms with Gasteiger partial charge in [-0.2, -0.15) is 5.10 Å². The van der Waals surface area contributed by atoms with Crippen molar-refractivity contribution in [2.45, 2.75) is 39.0 Å². The van der Waals surface area contributed by atoms with Crippen LogP contribution in [0.25, 0.3) is 0 Å². The quantitative estimate of drug-likeness (QED) is 0.649. The third-order valence-corrected chi connectivity index (χ3v) is 3.19. The van der Waals surface area contributed by atoms with Gasteiger partial charge in [0.05, 0.1) is 6.20 Å². The predicted octanol–water partition coefficient (Wildman–Crippen LogP) is 2.38. The number of hydrogen-bond acceptors (Lipinski definition) is 3. The van der Waals surface area contributed by atoms with Crippen LogP contribution in [0.3, 0.4) is 0 Å². The van der Waals surface area contributed by atoms with Crippen LogP contribution in [0.1, 0.15) is 39.0 Å². The summed E-state index contributed by atoms with van der Waals surface area (Å²) in [6.07, 6.45) is 8.03. The Kier molecular flexibility index (Phi) is 6.70. The molecule has 1 unspecified atom stereocenters. The first-order valence-corrected chi connectivity index (χ1v) is 6.69. The molecule has 0 aliphatic carbocycles. The van der Waals surface area contributed by atoms with Crippen molar-refractivity contribution in [3.63, 3.8) is 0 Å². The molecule has 0 amide bonds. The second-order valence-corrected chi connectivity index (χ2v) is 4.64. The van der Waals surface area contributed by atoms with Gasteiger partial charge in [-0.05, 0) is 31.7 Å². The fraction of sp³-hybridized carbons (Fsp3) is 0.769. The average Bonchev–Trinajstić information content (AvgIpc) is 2.71. The lowest BCUT2D eigenvalue weighted by atomic mass is 9.94. The lowest BCUT2D eigenvalue weighted by Crippen LogP contribution is -2.12. The molecule has 98 valence electrons. The molecule has 0 saturated heterocycles. The molecule has 1 atom stereocenters. The number of nitrogens with zero attached hydrogens (tertiary/aromatic N) is 2. The maximum Gasteiger partial charge on any atom is 0.123 e. The summed E-state index contributed by atoms with van der Waals surface area (Å²) in [5, 5.41) is 7.53. The van der Waals surface area contributed by atoms with E-state index in [-0.39, 0.29) is 0 Å². The van der Waals surface area contributed by atoms with Crippen LogP contribution < -0.4 is 11.1 Å². The highest BCUT2D eigenvalue weighted by atomic mass is 15.3. The molecule has 0 aromatic carbocycles. The van der Waals surface area contributed by atoms with Crippen LogP contribution in [-0.4, -0.2) is 22.9 Å². The van der Waals surface area contributed by atoms with Gasteiger partial charge in [-0.3, -0.25) is 4.68 Å². The molecule has 1 aromatic heterocycles. The molecular weight excluding hydrogens is 212 g/mol. The van der Waals surface area contributed by atoms with E-state index in [0.717, 1.165) is 24.8 Å². The second kappa shape index (κ2) is 8.12. The predicted molar refractivity (Wildman–Crippen MR) is 73.0 cm³/mol. The molecule has 0 aliphatic rings. The number of nitrogens with two attached hydrogens (primary N) is 1. The summed E-state index contributed by atoms with van der Waals surface area (Å²) in [6.45, 7) is 4.08. The van der Waals surface area contributed by atoms with E-state index in [1.807, 2.05) is 24.0 Å². The number of hydrogen-bond donors (Lipinski definition) is 2. The maximum absolute atomic E-state index is 5.63. The highest BCUT2D eigenvalue weighted by molar-refractivity contribution is 5.32. The largest absolute Gasteiger partial charge is 0.370 e. The van der Waals surface area contributed by atoms with Crippen LogP contribution in [0.15, 0.2) is 12.3 Å². The molecule has 0 bridgehead atoms. The van der Waals surface area contributed by atoms with E-state index in [1.54, 1.807) is 0 Å². The Labute approximate surface area is 105 Å². The molecule has 0 spiro atoms. The van der Waals surface area contributed by atoms with Crippen molar-refractivity contribution in [1.29, 1.82) is 0 Å². The zero-order valence-corrected chi connectivity index (χ0v) is 11.2. The van der Waals surface area contributed by atoms with Crippen LogP contribution >= 0.6 is 0 Å². The van der Waals surface area contributed by atoms with Crippen LogP contribution in [0.2, 0.25) is 0 Å². The summed E-state index contributed by atoms with van der Waals surface area (Å²) in [7, 11) is 1.96. The minimum atomic E-state index is 0.804. The van der Waals surface area contributed by atoms with E-state index >= 15 is 0 Å². The Morgan fingerprint density at radius 3 is 2.82 bits per heavy atom. The van der Waals surface area contributed by atoms with E-state index in [2.05, 4.69) is 17.3 Å². The molecule has 0 saturated carbocycles. The van der Waals surface area contributed by atoms with Gasteiger partial charge in [0.15, 0.2) is 0 Å². The highest BCUT2D eigenvalue weighted by Crippen LogP contribution is 2.17. The van der Waals surface area contributed by atoms with E-state index in [0.29, 0.717) is 0 Å². The topological polar surface area (TPSA) is 55.9 Å². The lowest BCUT2D eigenvalue weighted by Gasteiger charge is -2.15. The van der Waals surface area contributed by atoms with Gasteiger partial charge in [0.1, 0.15) is 5.82 Å². The summed E-state index contributed by atoms with van der Waals surface area (Å²) in [5.74, 6) is 1.90. The summed E-state index contributed by atoms with van der Waals surface area (Å²) >= 11 is 0. The third-order valence-electron chi connectivity index (χ3n) is 3.19. The Morgan fingerprint density at radius 2 is 2.24 bits per heavy atom. The molecule has 0 fully saturated rings. The van der Waals surface area contributed by atoms with E-state index < -0.39 is 0 Å². The van der Waals surface area contributed by atoms with E-state index in [1.165, 1.54) is 32.1 Å². The lowest BCUT2D eigenvalue weighted by molar-refractivity contribution is 0.413. The van der Waals surface area contributed by atoms with Gasteiger partial charge in [-0.1, -0.05) is 19.8 Å². The Hall–Kier alpha value is -1.03. The van der Waals surface area contributed by atoms with Crippen molar-refractivity contribution in [2.24, 2.45) is 18.7 Å². The molecule has 17 heavy (non-hydrogen) atoms. The third kappa shape index (κ3) is 5.22. The van der Waals surface area contributed by atoms with Crippen molar-refractivity contribution in [3.8, 4) is 0 Å². The normalized spacial score (nSPS) is 12.6. The van der Waals surface area contributed by atoms with Gasteiger partial charge in [0.25, 0.3) is 0 Å². The first-order valence-electron chi connectivity index (χ1n) is 6.69. The van der Waals surface area contributed by atoms with Crippen LogP contribution in [-0.2, 0) is 7.05 Å². The van der Waals surface area contributed by atoms with Crippen molar-refractivity contribution >= 4 is 5.82 Å². The molecule has 4 nitrogen and oxygen atoms in total. The van der Waals surface area contributed by atoms with Crippen LogP contribution in [0, 0.1) is 5.92 Å². The SMILES string of the molecule is CCCC(CCN)CCCNc1ccnn1C. The van der Waals surface area contributed by atoms with Crippen molar-refractivity contribution in [1.82, 2.24) is 9.78 Å². The van der Waals surface area contributed by atoms with Crippen molar-refractivity contribution in [2.75, 3.05) is 18.4 Å². The van der Waals surface area contributed by atoms with Crippen molar-refractivity contribution < 1.29 is 0 Å². The fourth-order valence-corrected chi connectivity index (χ4v) is 2.23. The molecule has 0 aliphatic heterocycles. The molecule has 1 rings (SSSR count). The number of aromatic nitrogens is 2. The highest BCUT2D eigenvalue weighted by Gasteiger charge is 2.06. The summed E-state index contributed by atoms with van der Waals surface area (Å²) in [5.41, 5.74) is 5.63. The minimum absolute atomic E-state index is 0.804. The number of rotatable bonds is 9. The van der Waals surface area contributed by atoms with Crippen molar-refractivity contribution in [3.05, 3.63) is 12.3 Å². The zero-order chi connectivity index (χ0) is 12.5. The Morgan fingerprint density at radius 1 is 1.41 bits per heavy atom. The van der Waals surface area contributed by atoms with Gasteiger partial charge in [-0.15, -0.1) is 0 Å². The monoisotopic (exact) mass is 238 g/mol. The van der Waals surface area contributed by atoms with E-state index in [9.17, 15) is 0 Å². The molecular formula is C13H26N4. The first-order chi connectivity index (χ1) is 8.27. The standard InChI is InChI=1S/C13H26N4/c1-3-5-12(7-9-14)6-4-10-15-13-8-11-16-17(13)2/h8,11-12,15H,3-7,9-10,14H2,1-2H3. The summed E-state index contributed by atoms with van der Waals surface area (Å²) in [4.78, 5) is 0. The maximum atomic E-state index is 5.63. The van der Waals surface area contributed by atoms with Gasteiger partial charge < -0.3 is 11.1 Å². The fourth-order valence-electron chi connectivity index (χ4n) is 2.23. The Balaban J connectivity index is 2.15. The second-order valence-electron chi connectivity index (χ2n) is 4.64.